The van der Waals surface area contributed by atoms with Crippen LogP contribution in [0.25, 0.3) is 0 Å². The molecule has 0 radical (unpaired) electrons. The van der Waals surface area contributed by atoms with E-state index in [-0.39, 0.29) is 0 Å². The van der Waals surface area contributed by atoms with E-state index in [2.05, 4.69) is 41.2 Å². The normalized spacial score (nSPS) is 20.3. The predicted molar refractivity (Wildman–Crippen MR) is 99.3 cm³/mol. The second-order valence-electron chi connectivity index (χ2n) is 7.48. The van der Waals surface area contributed by atoms with E-state index >= 15 is 0 Å². The van der Waals surface area contributed by atoms with Crippen LogP contribution < -0.4 is 5.32 Å². The van der Waals surface area contributed by atoms with Gasteiger partial charge in [0.1, 0.15) is 0 Å². The fraction of sp³-hybridized carbons (Fsp3) is 0.789. The number of nitrogens with zero attached hydrogens (tertiary/aromatic N) is 4. The van der Waals surface area contributed by atoms with Crippen LogP contribution in [0.1, 0.15) is 62.9 Å². The molecule has 134 valence electrons. The average Bonchev–Trinajstić information content (AvgIpc) is 3.29. The highest BCUT2D eigenvalue weighted by Crippen LogP contribution is 2.45. The molecule has 1 aromatic rings. The molecule has 24 heavy (non-hydrogen) atoms. The topological polar surface area (TPSA) is 45.5 Å². The van der Waals surface area contributed by atoms with Crippen molar-refractivity contribution in [3.8, 4) is 0 Å². The largest absolute Gasteiger partial charge is 0.352 e. The Morgan fingerprint density at radius 2 is 1.96 bits per heavy atom. The molecule has 1 spiro atoms. The zero-order valence-corrected chi connectivity index (χ0v) is 15.9. The lowest BCUT2D eigenvalue weighted by Crippen LogP contribution is -2.40. The van der Waals surface area contributed by atoms with E-state index in [1.807, 2.05) is 11.7 Å². The van der Waals surface area contributed by atoms with E-state index in [1.54, 1.807) is 0 Å². The zero-order chi connectivity index (χ0) is 17.2. The van der Waals surface area contributed by atoms with Crippen LogP contribution in [0.2, 0.25) is 0 Å². The van der Waals surface area contributed by atoms with E-state index in [9.17, 15) is 0 Å². The molecular formula is C19H33N5. The number of aryl methyl sites for hydroxylation is 2. The maximum atomic E-state index is 4.68. The Morgan fingerprint density at radius 1 is 1.21 bits per heavy atom. The third kappa shape index (κ3) is 3.17. The fourth-order valence-electron chi connectivity index (χ4n) is 4.74. The lowest BCUT2D eigenvalue weighted by Gasteiger charge is -2.26. The van der Waals surface area contributed by atoms with Crippen LogP contribution in [0, 0.1) is 5.41 Å². The average molecular weight is 332 g/mol. The maximum Gasteiger partial charge on any atom is 0.193 e. The highest BCUT2D eigenvalue weighted by Gasteiger charge is 2.41. The molecule has 0 bridgehead atoms. The van der Waals surface area contributed by atoms with Crippen molar-refractivity contribution in [2.75, 3.05) is 20.1 Å². The van der Waals surface area contributed by atoms with Gasteiger partial charge in [0.05, 0.1) is 5.69 Å². The Bertz CT molecular complexity index is 595. The fourth-order valence-corrected chi connectivity index (χ4v) is 4.74. The Labute approximate surface area is 146 Å². The molecule has 5 nitrogen and oxygen atoms in total. The Morgan fingerprint density at radius 3 is 2.58 bits per heavy atom. The SMILES string of the molecule is CCc1nn(C)c(CC)c1CNC(=NC)N1CCC2(CCCC2)C1. The standard InChI is InChI=1S/C19H33N5/c1-5-16-15(17(6-2)23(4)22-16)13-21-18(20-3)24-12-11-19(14-24)9-7-8-10-19/h5-14H2,1-4H3,(H,20,21). The molecule has 5 heteroatoms. The number of guanidine groups is 1. The number of aromatic nitrogens is 2. The van der Waals surface area contributed by atoms with Crippen molar-refractivity contribution >= 4 is 5.96 Å². The summed E-state index contributed by atoms with van der Waals surface area (Å²) < 4.78 is 2.04. The van der Waals surface area contributed by atoms with E-state index in [4.69, 9.17) is 0 Å². The van der Waals surface area contributed by atoms with Gasteiger partial charge < -0.3 is 10.2 Å². The first-order valence-corrected chi connectivity index (χ1v) is 9.61. The van der Waals surface area contributed by atoms with Crippen molar-refractivity contribution in [3.05, 3.63) is 17.0 Å². The van der Waals surface area contributed by atoms with Crippen LogP contribution in [0.4, 0.5) is 0 Å². The van der Waals surface area contributed by atoms with Crippen molar-refractivity contribution in [2.24, 2.45) is 17.5 Å². The summed E-state index contributed by atoms with van der Waals surface area (Å²) in [7, 11) is 3.97. The van der Waals surface area contributed by atoms with Crippen LogP contribution in [-0.2, 0) is 26.4 Å². The van der Waals surface area contributed by atoms with Crippen molar-refractivity contribution < 1.29 is 0 Å². The minimum absolute atomic E-state index is 0.578. The van der Waals surface area contributed by atoms with E-state index < -0.39 is 0 Å². The van der Waals surface area contributed by atoms with Crippen LogP contribution in [0.15, 0.2) is 4.99 Å². The summed E-state index contributed by atoms with van der Waals surface area (Å²) in [5.74, 6) is 1.06. The predicted octanol–water partition coefficient (Wildman–Crippen LogP) is 2.89. The van der Waals surface area contributed by atoms with Gasteiger partial charge in [-0.15, -0.1) is 0 Å². The smallest absolute Gasteiger partial charge is 0.193 e. The molecule has 3 rings (SSSR count). The van der Waals surface area contributed by atoms with Crippen molar-refractivity contribution in [1.82, 2.24) is 20.0 Å². The molecule has 0 amide bonds. The van der Waals surface area contributed by atoms with Gasteiger partial charge in [-0.05, 0) is 37.5 Å². The quantitative estimate of drug-likeness (QED) is 0.681. The van der Waals surface area contributed by atoms with Gasteiger partial charge in [0.25, 0.3) is 0 Å². The maximum absolute atomic E-state index is 4.68. The summed E-state index contributed by atoms with van der Waals surface area (Å²) in [6.07, 6.45) is 8.97. The summed E-state index contributed by atoms with van der Waals surface area (Å²) in [6, 6.07) is 0. The molecule has 1 aromatic heterocycles. The van der Waals surface area contributed by atoms with Crippen LogP contribution in [0.5, 0.6) is 0 Å². The number of nitrogens with one attached hydrogen (secondary N) is 1. The number of rotatable bonds is 4. The molecule has 1 saturated carbocycles. The van der Waals surface area contributed by atoms with E-state index in [1.165, 1.54) is 55.6 Å². The molecule has 2 fully saturated rings. The third-order valence-electron chi connectivity index (χ3n) is 6.06. The number of aliphatic imine (C=N–C) groups is 1. The van der Waals surface area contributed by atoms with Gasteiger partial charge in [-0.25, -0.2) is 0 Å². The summed E-state index contributed by atoms with van der Waals surface area (Å²) in [5.41, 5.74) is 4.49. The second kappa shape index (κ2) is 7.16. The monoisotopic (exact) mass is 331 g/mol. The summed E-state index contributed by atoms with van der Waals surface area (Å²) in [6.45, 7) is 7.55. The van der Waals surface area contributed by atoms with Crippen LogP contribution in [0.3, 0.4) is 0 Å². The van der Waals surface area contributed by atoms with Gasteiger partial charge in [-0.3, -0.25) is 9.67 Å². The molecule has 0 atom stereocenters. The summed E-state index contributed by atoms with van der Waals surface area (Å²) in [5, 5.41) is 8.30. The Kier molecular flexibility index (Phi) is 5.16. The van der Waals surface area contributed by atoms with Gasteiger partial charge in [-0.2, -0.15) is 5.10 Å². The Hall–Kier alpha value is -1.52. The highest BCUT2D eigenvalue weighted by atomic mass is 15.3. The minimum atomic E-state index is 0.578. The molecule has 2 aliphatic rings. The molecule has 1 saturated heterocycles. The lowest BCUT2D eigenvalue weighted by atomic mass is 9.86. The Balaban J connectivity index is 1.67. The van der Waals surface area contributed by atoms with Gasteiger partial charge in [0.15, 0.2) is 5.96 Å². The number of hydrogen-bond acceptors (Lipinski definition) is 2. The van der Waals surface area contributed by atoms with E-state index in [0.717, 1.165) is 31.9 Å². The van der Waals surface area contributed by atoms with Crippen molar-refractivity contribution in [2.45, 2.75) is 65.3 Å². The molecule has 0 aromatic carbocycles. The minimum Gasteiger partial charge on any atom is -0.352 e. The van der Waals surface area contributed by atoms with Crippen LogP contribution >= 0.6 is 0 Å². The highest BCUT2D eigenvalue weighted by molar-refractivity contribution is 5.80. The molecule has 1 N–H and O–H groups in total. The van der Waals surface area contributed by atoms with Gasteiger partial charge in [-0.1, -0.05) is 26.7 Å². The first kappa shape index (κ1) is 17.3. The molecule has 0 unspecified atom stereocenters. The van der Waals surface area contributed by atoms with Crippen LogP contribution in [-0.4, -0.2) is 40.8 Å². The van der Waals surface area contributed by atoms with Crippen molar-refractivity contribution in [1.29, 1.82) is 0 Å². The number of likely N-dealkylation sites (tertiary alicyclic amines) is 1. The van der Waals surface area contributed by atoms with E-state index in [0.29, 0.717) is 5.41 Å². The lowest BCUT2D eigenvalue weighted by molar-refractivity contribution is 0.309. The second-order valence-corrected chi connectivity index (χ2v) is 7.48. The molecule has 1 aliphatic heterocycles. The molecule has 2 heterocycles. The van der Waals surface area contributed by atoms with Gasteiger partial charge >= 0.3 is 0 Å². The molecular weight excluding hydrogens is 298 g/mol. The van der Waals surface area contributed by atoms with Gasteiger partial charge in [0, 0.05) is 45.0 Å². The first-order chi connectivity index (χ1) is 11.6. The van der Waals surface area contributed by atoms with Gasteiger partial charge in [0.2, 0.25) is 0 Å². The molecule has 1 aliphatic carbocycles. The summed E-state index contributed by atoms with van der Waals surface area (Å²) in [4.78, 5) is 7.03. The first-order valence-electron chi connectivity index (χ1n) is 9.61. The number of hydrogen-bond donors (Lipinski definition) is 1. The third-order valence-corrected chi connectivity index (χ3v) is 6.06. The zero-order valence-electron chi connectivity index (χ0n) is 15.9. The van der Waals surface area contributed by atoms with Crippen molar-refractivity contribution in [3.63, 3.8) is 0 Å². The summed E-state index contributed by atoms with van der Waals surface area (Å²) >= 11 is 0.